The first-order valence-corrected chi connectivity index (χ1v) is 9.80. The Morgan fingerprint density at radius 3 is 2.63 bits per heavy atom. The van der Waals surface area contributed by atoms with Gasteiger partial charge in [-0.15, -0.1) is 0 Å². The van der Waals surface area contributed by atoms with Crippen molar-refractivity contribution in [3.63, 3.8) is 0 Å². The lowest BCUT2D eigenvalue weighted by molar-refractivity contribution is -0.145. The van der Waals surface area contributed by atoms with Gasteiger partial charge >= 0.3 is 5.97 Å². The van der Waals surface area contributed by atoms with Crippen LogP contribution in [-0.2, 0) is 20.7 Å². The van der Waals surface area contributed by atoms with E-state index in [4.69, 9.17) is 14.0 Å². The number of carbonyl (C=O) groups is 2. The molecule has 1 atom stereocenters. The largest absolute Gasteiger partial charge is 0.497 e. The normalized spacial score (nSPS) is 11.7. The zero-order valence-electron chi connectivity index (χ0n) is 15.6. The van der Waals surface area contributed by atoms with Crippen molar-refractivity contribution in [2.45, 2.75) is 25.3 Å². The molecule has 0 radical (unpaired) electrons. The molecule has 1 N–H and O–H groups in total. The van der Waals surface area contributed by atoms with Gasteiger partial charge in [-0.25, -0.2) is 4.79 Å². The quantitative estimate of drug-likeness (QED) is 0.612. The lowest BCUT2D eigenvalue weighted by Crippen LogP contribution is -2.42. The summed E-state index contributed by atoms with van der Waals surface area (Å²) in [6, 6.07) is 6.62. The highest BCUT2D eigenvalue weighted by molar-refractivity contribution is 7.98. The number of ether oxygens (including phenoxy) is 2. The van der Waals surface area contributed by atoms with Gasteiger partial charge in [0, 0.05) is 18.4 Å². The van der Waals surface area contributed by atoms with Crippen LogP contribution in [0.3, 0.4) is 0 Å². The van der Waals surface area contributed by atoms with Gasteiger partial charge < -0.3 is 19.3 Å². The number of nitrogens with zero attached hydrogens (tertiary/aromatic N) is 2. The van der Waals surface area contributed by atoms with Crippen LogP contribution in [0.15, 0.2) is 28.8 Å². The number of rotatable bonds is 10. The number of thioether (sulfide) groups is 1. The molecule has 9 heteroatoms. The summed E-state index contributed by atoms with van der Waals surface area (Å²) in [5.41, 5.74) is 0.790. The second-order valence-electron chi connectivity index (χ2n) is 5.66. The molecule has 0 unspecified atom stereocenters. The molecule has 0 bridgehead atoms. The molecule has 27 heavy (non-hydrogen) atoms. The van der Waals surface area contributed by atoms with Gasteiger partial charge in [-0.2, -0.15) is 16.7 Å². The Morgan fingerprint density at radius 1 is 1.26 bits per heavy atom. The lowest BCUT2D eigenvalue weighted by atomic mass is 10.2. The topological polar surface area (TPSA) is 104 Å². The average molecular weight is 393 g/mol. The van der Waals surface area contributed by atoms with E-state index in [-0.39, 0.29) is 18.7 Å². The van der Waals surface area contributed by atoms with Crippen LogP contribution >= 0.6 is 11.8 Å². The molecule has 2 rings (SSSR count). The highest BCUT2D eigenvalue weighted by Crippen LogP contribution is 2.20. The molecule has 0 saturated carbocycles. The Hall–Kier alpha value is -2.55. The molecular weight excluding hydrogens is 370 g/mol. The molecule has 1 aromatic carbocycles. The Balaban J connectivity index is 1.89. The van der Waals surface area contributed by atoms with E-state index in [2.05, 4.69) is 15.5 Å². The van der Waals surface area contributed by atoms with Crippen LogP contribution in [0.1, 0.15) is 18.7 Å². The monoisotopic (exact) mass is 393 g/mol. The fourth-order valence-electron chi connectivity index (χ4n) is 2.33. The van der Waals surface area contributed by atoms with E-state index in [1.54, 1.807) is 31.0 Å². The van der Waals surface area contributed by atoms with Crippen molar-refractivity contribution in [2.24, 2.45) is 0 Å². The summed E-state index contributed by atoms with van der Waals surface area (Å²) in [7, 11) is 2.90. The Kier molecular flexibility index (Phi) is 8.12. The van der Waals surface area contributed by atoms with Gasteiger partial charge in [0.1, 0.15) is 11.8 Å². The van der Waals surface area contributed by atoms with Crippen LogP contribution in [-0.4, -0.2) is 54.3 Å². The number of aryl methyl sites for hydroxylation is 1. The molecule has 1 aromatic heterocycles. The summed E-state index contributed by atoms with van der Waals surface area (Å²) < 4.78 is 15.0. The van der Waals surface area contributed by atoms with E-state index in [0.717, 1.165) is 17.1 Å². The third-order valence-corrected chi connectivity index (χ3v) is 4.46. The molecule has 0 aliphatic rings. The van der Waals surface area contributed by atoms with Crippen molar-refractivity contribution < 1.29 is 23.6 Å². The SMILES string of the molecule is COC(=O)[C@@H](CCSC)NC(=O)CCc1nc(-c2ccc(OC)cc2)no1. The maximum Gasteiger partial charge on any atom is 0.328 e. The number of methoxy groups -OCH3 is 2. The number of aromatic nitrogens is 2. The lowest BCUT2D eigenvalue weighted by Gasteiger charge is -2.15. The standard InChI is InChI=1S/C18H23N3O5S/c1-24-13-6-4-12(5-7-13)17-20-16(26-21-17)9-8-15(22)19-14(10-11-27-3)18(23)25-2/h4-7,14H,8-11H2,1-3H3,(H,19,22)/t14-/m1/s1. The zero-order valence-corrected chi connectivity index (χ0v) is 16.4. The summed E-state index contributed by atoms with van der Waals surface area (Å²) in [6.07, 6.45) is 2.87. The number of hydrogen-bond donors (Lipinski definition) is 1. The van der Waals surface area contributed by atoms with Gasteiger partial charge in [0.15, 0.2) is 0 Å². The van der Waals surface area contributed by atoms with Crippen molar-refractivity contribution in [1.82, 2.24) is 15.5 Å². The summed E-state index contributed by atoms with van der Waals surface area (Å²) in [5, 5.41) is 6.62. The van der Waals surface area contributed by atoms with Crippen molar-refractivity contribution in [1.29, 1.82) is 0 Å². The van der Waals surface area contributed by atoms with Gasteiger partial charge in [-0.05, 0) is 42.7 Å². The number of benzene rings is 1. The van der Waals surface area contributed by atoms with Gasteiger partial charge in [0.05, 0.1) is 14.2 Å². The molecular formula is C18H23N3O5S. The summed E-state index contributed by atoms with van der Waals surface area (Å²) in [6.45, 7) is 0. The van der Waals surface area contributed by atoms with Crippen LogP contribution in [0.5, 0.6) is 5.75 Å². The van der Waals surface area contributed by atoms with Crippen LogP contribution < -0.4 is 10.1 Å². The smallest absolute Gasteiger partial charge is 0.328 e. The number of carbonyl (C=O) groups excluding carboxylic acids is 2. The van der Waals surface area contributed by atoms with Crippen LogP contribution in [0.4, 0.5) is 0 Å². The zero-order chi connectivity index (χ0) is 19.6. The maximum absolute atomic E-state index is 12.1. The molecule has 2 aromatic rings. The predicted octanol–water partition coefficient (Wildman–Crippen LogP) is 2.09. The number of nitrogens with one attached hydrogen (secondary N) is 1. The summed E-state index contributed by atoms with van der Waals surface area (Å²) >= 11 is 1.60. The van der Waals surface area contributed by atoms with Crippen molar-refractivity contribution >= 4 is 23.6 Å². The van der Waals surface area contributed by atoms with Gasteiger partial charge in [0.2, 0.25) is 17.6 Å². The van der Waals surface area contributed by atoms with Crippen LogP contribution in [0, 0.1) is 0 Å². The van der Waals surface area contributed by atoms with Crippen molar-refractivity contribution in [2.75, 3.05) is 26.2 Å². The minimum Gasteiger partial charge on any atom is -0.497 e. The molecule has 0 aliphatic heterocycles. The first kappa shape index (κ1) is 20.8. The van der Waals surface area contributed by atoms with E-state index in [0.29, 0.717) is 18.1 Å². The number of esters is 1. The second-order valence-corrected chi connectivity index (χ2v) is 6.65. The predicted molar refractivity (Wildman–Crippen MR) is 102 cm³/mol. The van der Waals surface area contributed by atoms with E-state index < -0.39 is 12.0 Å². The van der Waals surface area contributed by atoms with Crippen molar-refractivity contribution in [3.05, 3.63) is 30.2 Å². The van der Waals surface area contributed by atoms with E-state index in [9.17, 15) is 9.59 Å². The molecule has 0 fully saturated rings. The van der Waals surface area contributed by atoms with E-state index in [1.807, 2.05) is 18.4 Å². The molecule has 1 amide bonds. The second kappa shape index (κ2) is 10.6. The first-order valence-electron chi connectivity index (χ1n) is 8.40. The minimum absolute atomic E-state index is 0.136. The third-order valence-electron chi connectivity index (χ3n) is 3.81. The molecule has 1 heterocycles. The van der Waals surface area contributed by atoms with Crippen LogP contribution in [0.25, 0.3) is 11.4 Å². The van der Waals surface area contributed by atoms with E-state index in [1.165, 1.54) is 7.11 Å². The van der Waals surface area contributed by atoms with E-state index >= 15 is 0 Å². The number of amides is 1. The van der Waals surface area contributed by atoms with Crippen LogP contribution in [0.2, 0.25) is 0 Å². The molecule has 0 aliphatic carbocycles. The summed E-state index contributed by atoms with van der Waals surface area (Å²) in [4.78, 5) is 28.2. The minimum atomic E-state index is -0.646. The molecule has 8 nitrogen and oxygen atoms in total. The Labute approximate surface area is 162 Å². The third kappa shape index (κ3) is 6.28. The van der Waals surface area contributed by atoms with Gasteiger partial charge in [0.25, 0.3) is 0 Å². The fraction of sp³-hybridized carbons (Fsp3) is 0.444. The fourth-order valence-corrected chi connectivity index (χ4v) is 2.80. The number of hydrogen-bond acceptors (Lipinski definition) is 8. The van der Waals surface area contributed by atoms with Crippen molar-refractivity contribution in [3.8, 4) is 17.1 Å². The highest BCUT2D eigenvalue weighted by Gasteiger charge is 2.21. The molecule has 0 saturated heterocycles. The van der Waals surface area contributed by atoms with Gasteiger partial charge in [-0.3, -0.25) is 4.79 Å². The van der Waals surface area contributed by atoms with Gasteiger partial charge in [-0.1, -0.05) is 5.16 Å². The Morgan fingerprint density at radius 2 is 2.00 bits per heavy atom. The summed E-state index contributed by atoms with van der Waals surface area (Å²) in [5.74, 6) is 1.57. The Bertz CT molecular complexity index is 748. The maximum atomic E-state index is 12.1. The molecule has 0 spiro atoms. The average Bonchev–Trinajstić information content (AvgIpc) is 3.18. The first-order chi connectivity index (χ1) is 13.1. The highest BCUT2D eigenvalue weighted by atomic mass is 32.2. The molecule has 146 valence electrons.